The second-order valence-electron chi connectivity index (χ2n) is 3.94. The van der Waals surface area contributed by atoms with Gasteiger partial charge in [-0.15, -0.1) is 0 Å². The van der Waals surface area contributed by atoms with Crippen LogP contribution in [0, 0.1) is 11.8 Å². The van der Waals surface area contributed by atoms with Gasteiger partial charge in [0.1, 0.15) is 6.10 Å². The Morgan fingerprint density at radius 1 is 0.833 bits per heavy atom. The van der Waals surface area contributed by atoms with Crippen LogP contribution in [0.3, 0.4) is 0 Å². The number of aliphatic hydroxyl groups excluding tert-OH is 2. The van der Waals surface area contributed by atoms with E-state index in [9.17, 15) is 5.11 Å². The zero-order chi connectivity index (χ0) is 12.8. The van der Waals surface area contributed by atoms with Gasteiger partial charge < -0.3 is 10.2 Å². The average Bonchev–Trinajstić information content (AvgIpc) is 2.46. The first kappa shape index (κ1) is 12.4. The van der Waals surface area contributed by atoms with E-state index in [0.717, 1.165) is 11.1 Å². The predicted molar refractivity (Wildman–Crippen MR) is 70.9 cm³/mol. The third kappa shape index (κ3) is 3.21. The van der Waals surface area contributed by atoms with Crippen molar-refractivity contribution in [3.63, 3.8) is 0 Å². The number of aliphatic hydroxyl groups is 2. The van der Waals surface area contributed by atoms with Gasteiger partial charge in [0.05, 0.1) is 6.61 Å². The van der Waals surface area contributed by atoms with Gasteiger partial charge in [-0.1, -0.05) is 42.2 Å². The van der Waals surface area contributed by atoms with Crippen molar-refractivity contribution in [2.45, 2.75) is 6.10 Å². The number of hydrogen-bond acceptors (Lipinski definition) is 2. The largest absolute Gasteiger partial charge is 0.393 e. The summed E-state index contributed by atoms with van der Waals surface area (Å²) in [6, 6.07) is 17.0. The second kappa shape index (κ2) is 6.02. The van der Waals surface area contributed by atoms with Crippen LogP contribution in [-0.2, 0) is 0 Å². The molecule has 2 aromatic rings. The lowest BCUT2D eigenvalue weighted by atomic mass is 10.1. The van der Waals surface area contributed by atoms with E-state index in [1.807, 2.05) is 42.5 Å². The molecule has 0 aromatic heterocycles. The zero-order valence-electron chi connectivity index (χ0n) is 9.88. The Balaban J connectivity index is 2.14. The Bertz CT molecular complexity index is 547. The van der Waals surface area contributed by atoms with E-state index in [1.165, 1.54) is 0 Å². The summed E-state index contributed by atoms with van der Waals surface area (Å²) in [4.78, 5) is 0. The van der Waals surface area contributed by atoms with Gasteiger partial charge in [-0.3, -0.25) is 0 Å². The van der Waals surface area contributed by atoms with Crippen molar-refractivity contribution in [2.24, 2.45) is 0 Å². The van der Waals surface area contributed by atoms with Crippen LogP contribution in [-0.4, -0.2) is 16.8 Å². The molecule has 0 unspecified atom stereocenters. The van der Waals surface area contributed by atoms with Crippen LogP contribution < -0.4 is 0 Å². The summed E-state index contributed by atoms with van der Waals surface area (Å²) in [5.74, 6) is 6.11. The highest BCUT2D eigenvalue weighted by molar-refractivity contribution is 5.43. The van der Waals surface area contributed by atoms with E-state index < -0.39 is 6.10 Å². The first-order chi connectivity index (χ1) is 8.79. The van der Waals surface area contributed by atoms with Crippen molar-refractivity contribution in [3.05, 3.63) is 71.3 Å². The van der Waals surface area contributed by atoms with Crippen molar-refractivity contribution in [2.75, 3.05) is 6.61 Å². The molecule has 0 amide bonds. The number of rotatable bonds is 2. The molecule has 0 aliphatic rings. The average molecular weight is 238 g/mol. The molecule has 18 heavy (non-hydrogen) atoms. The van der Waals surface area contributed by atoms with E-state index in [2.05, 4.69) is 11.8 Å². The second-order valence-corrected chi connectivity index (χ2v) is 3.94. The van der Waals surface area contributed by atoms with Gasteiger partial charge >= 0.3 is 0 Å². The number of benzene rings is 2. The summed E-state index contributed by atoms with van der Waals surface area (Å²) < 4.78 is 0. The number of hydrogen-bond donors (Lipinski definition) is 2. The Kier molecular flexibility index (Phi) is 4.14. The molecule has 2 heteroatoms. The summed E-state index contributed by atoms with van der Waals surface area (Å²) in [5.41, 5.74) is 2.55. The fourth-order valence-corrected chi connectivity index (χ4v) is 1.56. The topological polar surface area (TPSA) is 40.5 Å². The van der Waals surface area contributed by atoms with Crippen molar-refractivity contribution >= 4 is 0 Å². The lowest BCUT2D eigenvalue weighted by Gasteiger charge is -2.06. The van der Waals surface area contributed by atoms with Gasteiger partial charge in [0.2, 0.25) is 0 Å². The molecule has 2 nitrogen and oxygen atoms in total. The fourth-order valence-electron chi connectivity index (χ4n) is 1.56. The first-order valence-corrected chi connectivity index (χ1v) is 5.75. The predicted octanol–water partition coefficient (Wildman–Crippen LogP) is 2.11. The summed E-state index contributed by atoms with van der Waals surface area (Å²) in [5, 5.41) is 18.3. The van der Waals surface area contributed by atoms with E-state index in [4.69, 9.17) is 5.11 Å². The highest BCUT2D eigenvalue weighted by Crippen LogP contribution is 2.12. The molecule has 0 saturated heterocycles. The molecule has 0 aliphatic heterocycles. The van der Waals surface area contributed by atoms with Crippen LogP contribution in [0.1, 0.15) is 22.8 Å². The molecule has 1 atom stereocenters. The molecule has 2 rings (SSSR count). The standard InChI is InChI=1S/C16H14O2/c17-12-16(18)15-10-8-14(9-11-15)7-6-13-4-2-1-3-5-13/h1-5,8-11,16-18H,12H2/t16-/m0/s1. The molecule has 0 heterocycles. The Morgan fingerprint density at radius 3 is 1.94 bits per heavy atom. The fraction of sp³-hybridized carbons (Fsp3) is 0.125. The molecule has 0 aliphatic carbocycles. The van der Waals surface area contributed by atoms with E-state index in [1.54, 1.807) is 12.1 Å². The van der Waals surface area contributed by atoms with Crippen LogP contribution in [0.15, 0.2) is 54.6 Å². The SMILES string of the molecule is OC[C@H](O)c1ccc(C#Cc2ccccc2)cc1. The molecule has 2 N–H and O–H groups in total. The van der Waals surface area contributed by atoms with Gasteiger partial charge in [-0.05, 0) is 29.8 Å². The van der Waals surface area contributed by atoms with Crippen LogP contribution in [0.25, 0.3) is 0 Å². The van der Waals surface area contributed by atoms with Crippen molar-refractivity contribution in [3.8, 4) is 11.8 Å². The zero-order valence-corrected chi connectivity index (χ0v) is 9.88. The van der Waals surface area contributed by atoms with E-state index in [-0.39, 0.29) is 6.61 Å². The molecule has 0 fully saturated rings. The Morgan fingerprint density at radius 2 is 1.39 bits per heavy atom. The van der Waals surface area contributed by atoms with Gasteiger partial charge in [0, 0.05) is 11.1 Å². The molecule has 2 aromatic carbocycles. The maximum absolute atomic E-state index is 9.44. The molecule has 0 radical (unpaired) electrons. The quantitative estimate of drug-likeness (QED) is 0.787. The molecule has 0 saturated carbocycles. The van der Waals surface area contributed by atoms with Crippen LogP contribution >= 0.6 is 0 Å². The smallest absolute Gasteiger partial charge is 0.102 e. The van der Waals surface area contributed by atoms with E-state index >= 15 is 0 Å². The van der Waals surface area contributed by atoms with Gasteiger partial charge in [0.25, 0.3) is 0 Å². The lowest BCUT2D eigenvalue weighted by Crippen LogP contribution is -2.01. The summed E-state index contributed by atoms with van der Waals surface area (Å²) in [7, 11) is 0. The third-order valence-electron chi connectivity index (χ3n) is 2.59. The first-order valence-electron chi connectivity index (χ1n) is 5.75. The maximum atomic E-state index is 9.44. The molecular weight excluding hydrogens is 224 g/mol. The normalized spacial score (nSPS) is 11.4. The minimum atomic E-state index is -0.818. The Hall–Kier alpha value is -2.08. The van der Waals surface area contributed by atoms with Gasteiger partial charge in [-0.2, -0.15) is 0 Å². The molecular formula is C16H14O2. The highest BCUT2D eigenvalue weighted by Gasteiger charge is 2.03. The third-order valence-corrected chi connectivity index (χ3v) is 2.59. The minimum Gasteiger partial charge on any atom is -0.393 e. The minimum absolute atomic E-state index is 0.269. The molecule has 0 spiro atoms. The van der Waals surface area contributed by atoms with Crippen LogP contribution in [0.4, 0.5) is 0 Å². The Labute approximate surface area is 107 Å². The summed E-state index contributed by atoms with van der Waals surface area (Å²) in [6.07, 6.45) is -0.818. The molecule has 90 valence electrons. The van der Waals surface area contributed by atoms with Crippen molar-refractivity contribution in [1.29, 1.82) is 0 Å². The van der Waals surface area contributed by atoms with Crippen LogP contribution in [0.5, 0.6) is 0 Å². The maximum Gasteiger partial charge on any atom is 0.102 e. The summed E-state index contributed by atoms with van der Waals surface area (Å²) in [6.45, 7) is -0.269. The lowest BCUT2D eigenvalue weighted by molar-refractivity contribution is 0.0956. The van der Waals surface area contributed by atoms with Crippen molar-refractivity contribution < 1.29 is 10.2 Å². The molecule has 0 bridgehead atoms. The van der Waals surface area contributed by atoms with Crippen LogP contribution in [0.2, 0.25) is 0 Å². The highest BCUT2D eigenvalue weighted by atomic mass is 16.3. The summed E-state index contributed by atoms with van der Waals surface area (Å²) >= 11 is 0. The monoisotopic (exact) mass is 238 g/mol. The van der Waals surface area contributed by atoms with E-state index in [0.29, 0.717) is 5.56 Å². The van der Waals surface area contributed by atoms with Gasteiger partial charge in [-0.25, -0.2) is 0 Å². The van der Waals surface area contributed by atoms with Gasteiger partial charge in [0.15, 0.2) is 0 Å². The van der Waals surface area contributed by atoms with Crippen molar-refractivity contribution in [1.82, 2.24) is 0 Å².